The minimum absolute atomic E-state index is 0. The van der Waals surface area contributed by atoms with Gasteiger partial charge in [0.1, 0.15) is 10.8 Å². The molecule has 1 aromatic heterocycles. The average Bonchev–Trinajstić information content (AvgIpc) is 2.76. The zero-order valence-electron chi connectivity index (χ0n) is 9.48. The number of hydrogen-bond acceptors (Lipinski definition) is 4. The summed E-state index contributed by atoms with van der Waals surface area (Å²) >= 11 is 1.41. The van der Waals surface area contributed by atoms with Gasteiger partial charge in [-0.3, -0.25) is 0 Å². The largest absolute Gasteiger partial charge is 0.573 e. The minimum atomic E-state index is -4.67. The third-order valence-corrected chi connectivity index (χ3v) is 2.98. The summed E-state index contributed by atoms with van der Waals surface area (Å²) in [6, 6.07) is 5.56. The van der Waals surface area contributed by atoms with Crippen LogP contribution in [0.4, 0.5) is 13.2 Å². The predicted octanol–water partition coefficient (Wildman–Crippen LogP) is 3.59. The second kappa shape index (κ2) is 6.23. The number of thiazole rings is 1. The van der Waals surface area contributed by atoms with E-state index in [-0.39, 0.29) is 18.2 Å². The fourth-order valence-corrected chi connectivity index (χ4v) is 2.05. The molecule has 0 aliphatic heterocycles. The Hall–Kier alpha value is -1.31. The van der Waals surface area contributed by atoms with Crippen LogP contribution in [-0.2, 0) is 6.54 Å². The van der Waals surface area contributed by atoms with Gasteiger partial charge in [0, 0.05) is 17.5 Å². The van der Waals surface area contributed by atoms with Crippen molar-refractivity contribution in [2.75, 3.05) is 0 Å². The van der Waals surface area contributed by atoms with E-state index in [2.05, 4.69) is 9.72 Å². The van der Waals surface area contributed by atoms with Crippen LogP contribution < -0.4 is 10.5 Å². The molecule has 0 atom stereocenters. The van der Waals surface area contributed by atoms with Gasteiger partial charge in [0.15, 0.2) is 0 Å². The number of alkyl halides is 3. The molecule has 0 aliphatic rings. The SMILES string of the molecule is Cl.NCc1nc(-c2ccc(OC(F)(F)F)cc2)cs1. The van der Waals surface area contributed by atoms with E-state index in [4.69, 9.17) is 5.73 Å². The summed E-state index contributed by atoms with van der Waals surface area (Å²) in [4.78, 5) is 4.23. The Morgan fingerprint density at radius 1 is 1.21 bits per heavy atom. The van der Waals surface area contributed by atoms with Gasteiger partial charge >= 0.3 is 6.36 Å². The summed E-state index contributed by atoms with van der Waals surface area (Å²) in [5, 5.41) is 2.59. The molecular formula is C11H10ClF3N2OS. The van der Waals surface area contributed by atoms with Crippen molar-refractivity contribution in [1.29, 1.82) is 0 Å². The van der Waals surface area contributed by atoms with Crippen molar-refractivity contribution >= 4 is 23.7 Å². The minimum Gasteiger partial charge on any atom is -0.406 e. The van der Waals surface area contributed by atoms with Gasteiger partial charge in [-0.15, -0.1) is 36.9 Å². The molecule has 1 aromatic carbocycles. The summed E-state index contributed by atoms with van der Waals surface area (Å²) in [6.45, 7) is 0.347. The Labute approximate surface area is 117 Å². The van der Waals surface area contributed by atoms with Crippen LogP contribution in [0.2, 0.25) is 0 Å². The van der Waals surface area contributed by atoms with E-state index in [1.165, 1.54) is 35.6 Å². The number of benzene rings is 1. The number of nitrogens with two attached hydrogens (primary N) is 1. The van der Waals surface area contributed by atoms with Crippen LogP contribution in [0.25, 0.3) is 11.3 Å². The van der Waals surface area contributed by atoms with E-state index in [9.17, 15) is 13.2 Å². The average molecular weight is 311 g/mol. The summed E-state index contributed by atoms with van der Waals surface area (Å²) in [6.07, 6.45) is -4.67. The van der Waals surface area contributed by atoms with E-state index < -0.39 is 6.36 Å². The quantitative estimate of drug-likeness (QED) is 0.942. The molecule has 104 valence electrons. The lowest BCUT2D eigenvalue weighted by Crippen LogP contribution is -2.16. The van der Waals surface area contributed by atoms with Gasteiger partial charge in [-0.25, -0.2) is 4.98 Å². The third kappa shape index (κ3) is 4.38. The molecule has 2 aromatic rings. The molecule has 0 saturated carbocycles. The molecular weight excluding hydrogens is 301 g/mol. The molecule has 2 rings (SSSR count). The van der Waals surface area contributed by atoms with Gasteiger partial charge in [-0.1, -0.05) is 0 Å². The second-order valence-electron chi connectivity index (χ2n) is 3.40. The molecule has 0 fully saturated rings. The van der Waals surface area contributed by atoms with Crippen molar-refractivity contribution in [3.05, 3.63) is 34.7 Å². The van der Waals surface area contributed by atoms with Crippen LogP contribution in [0.1, 0.15) is 5.01 Å². The maximum atomic E-state index is 12.0. The highest BCUT2D eigenvalue weighted by Crippen LogP contribution is 2.27. The molecule has 0 amide bonds. The number of nitrogens with zero attached hydrogens (tertiary/aromatic N) is 1. The fourth-order valence-electron chi connectivity index (χ4n) is 1.36. The molecule has 0 saturated heterocycles. The Morgan fingerprint density at radius 3 is 2.32 bits per heavy atom. The standard InChI is InChI=1S/C11H9F3N2OS.ClH/c12-11(13,14)17-8-3-1-7(2-4-8)9-6-18-10(5-15)16-9;/h1-4,6H,5,15H2;1H. The zero-order chi connectivity index (χ0) is 13.2. The van der Waals surface area contributed by atoms with Gasteiger partial charge in [-0.05, 0) is 24.3 Å². The highest BCUT2D eigenvalue weighted by Gasteiger charge is 2.30. The highest BCUT2D eigenvalue weighted by atomic mass is 35.5. The van der Waals surface area contributed by atoms with Gasteiger partial charge < -0.3 is 10.5 Å². The van der Waals surface area contributed by atoms with Gasteiger partial charge in [0.05, 0.1) is 5.69 Å². The molecule has 0 radical (unpaired) electrons. The maximum Gasteiger partial charge on any atom is 0.573 e. The van der Waals surface area contributed by atoms with Crippen molar-refractivity contribution in [1.82, 2.24) is 4.98 Å². The van der Waals surface area contributed by atoms with Crippen LogP contribution in [0, 0.1) is 0 Å². The molecule has 0 aliphatic carbocycles. The van der Waals surface area contributed by atoms with Crippen molar-refractivity contribution in [2.24, 2.45) is 5.73 Å². The second-order valence-corrected chi connectivity index (χ2v) is 4.35. The van der Waals surface area contributed by atoms with Crippen LogP contribution in [-0.4, -0.2) is 11.3 Å². The molecule has 1 heterocycles. The lowest BCUT2D eigenvalue weighted by molar-refractivity contribution is -0.274. The van der Waals surface area contributed by atoms with Crippen molar-refractivity contribution < 1.29 is 17.9 Å². The van der Waals surface area contributed by atoms with Crippen LogP contribution >= 0.6 is 23.7 Å². The summed E-state index contributed by atoms with van der Waals surface area (Å²) in [5.41, 5.74) is 6.85. The molecule has 8 heteroatoms. The summed E-state index contributed by atoms with van der Waals surface area (Å²) in [5.74, 6) is -0.250. The number of hydrogen-bond donors (Lipinski definition) is 1. The van der Waals surface area contributed by atoms with Crippen molar-refractivity contribution in [3.8, 4) is 17.0 Å². The van der Waals surface area contributed by atoms with E-state index in [0.717, 1.165) is 10.6 Å². The van der Waals surface area contributed by atoms with E-state index in [1.807, 2.05) is 5.38 Å². The zero-order valence-corrected chi connectivity index (χ0v) is 11.1. The highest BCUT2D eigenvalue weighted by molar-refractivity contribution is 7.09. The first-order chi connectivity index (χ1) is 8.48. The van der Waals surface area contributed by atoms with Gasteiger partial charge in [0.25, 0.3) is 0 Å². The van der Waals surface area contributed by atoms with Gasteiger partial charge in [-0.2, -0.15) is 0 Å². The van der Waals surface area contributed by atoms with Crippen molar-refractivity contribution in [3.63, 3.8) is 0 Å². The number of rotatable bonds is 3. The van der Waals surface area contributed by atoms with E-state index in [1.54, 1.807) is 0 Å². The molecule has 0 unspecified atom stereocenters. The number of aromatic nitrogens is 1. The lowest BCUT2D eigenvalue weighted by Gasteiger charge is -2.08. The molecule has 2 N–H and O–H groups in total. The first kappa shape index (κ1) is 15.7. The fraction of sp³-hybridized carbons (Fsp3) is 0.182. The Kier molecular flexibility index (Phi) is 5.16. The Bertz CT molecular complexity index is 527. The normalized spacial score (nSPS) is 10.9. The molecule has 19 heavy (non-hydrogen) atoms. The summed E-state index contributed by atoms with van der Waals surface area (Å²) in [7, 11) is 0. The van der Waals surface area contributed by atoms with E-state index >= 15 is 0 Å². The number of ether oxygens (including phenoxy) is 1. The van der Waals surface area contributed by atoms with Crippen LogP contribution in [0.3, 0.4) is 0 Å². The lowest BCUT2D eigenvalue weighted by atomic mass is 10.2. The van der Waals surface area contributed by atoms with Gasteiger partial charge in [0.2, 0.25) is 0 Å². The summed E-state index contributed by atoms with van der Waals surface area (Å²) < 4.78 is 39.7. The third-order valence-electron chi connectivity index (χ3n) is 2.11. The number of halogens is 4. The topological polar surface area (TPSA) is 48.1 Å². The molecule has 3 nitrogen and oxygen atoms in total. The van der Waals surface area contributed by atoms with Crippen LogP contribution in [0.5, 0.6) is 5.75 Å². The molecule has 0 spiro atoms. The van der Waals surface area contributed by atoms with Crippen LogP contribution in [0.15, 0.2) is 29.6 Å². The Morgan fingerprint density at radius 2 is 1.84 bits per heavy atom. The maximum absolute atomic E-state index is 12.0. The predicted molar refractivity (Wildman–Crippen MR) is 69.4 cm³/mol. The van der Waals surface area contributed by atoms with E-state index in [0.29, 0.717) is 12.2 Å². The monoisotopic (exact) mass is 310 g/mol. The van der Waals surface area contributed by atoms with Crippen molar-refractivity contribution in [2.45, 2.75) is 12.9 Å². The first-order valence-corrected chi connectivity index (χ1v) is 5.86. The first-order valence-electron chi connectivity index (χ1n) is 4.98. The Balaban J connectivity index is 0.00000180. The molecule has 0 bridgehead atoms. The smallest absolute Gasteiger partial charge is 0.406 e.